The third kappa shape index (κ3) is 3.93. The highest BCUT2D eigenvalue weighted by Crippen LogP contribution is 2.28. The highest BCUT2D eigenvalue weighted by Gasteiger charge is 2.24. The molecule has 0 saturated carbocycles. The van der Waals surface area contributed by atoms with Crippen LogP contribution in [0.25, 0.3) is 10.2 Å². The van der Waals surface area contributed by atoms with Crippen molar-refractivity contribution >= 4 is 33.5 Å². The zero-order valence-electron chi connectivity index (χ0n) is 16.9. The monoisotopic (exact) mass is 430 g/mol. The van der Waals surface area contributed by atoms with Crippen LogP contribution in [0.2, 0.25) is 0 Å². The summed E-state index contributed by atoms with van der Waals surface area (Å²) in [6.45, 7) is 4.92. The average molecular weight is 430 g/mol. The van der Waals surface area contributed by atoms with Crippen molar-refractivity contribution < 1.29 is 19.4 Å². The lowest BCUT2D eigenvalue weighted by molar-refractivity contribution is -0.137. The second kappa shape index (κ2) is 8.66. The molecule has 0 spiro atoms. The average Bonchev–Trinajstić information content (AvgIpc) is 3.03. The Balaban J connectivity index is 2.22. The number of carbonyl (C=O) groups excluding carboxylic acids is 1. The SMILES string of the molecule is CCOC(=O)c1sc2c(c1C)c(=O)n(CC(=O)O)c(=O)n2CCc1ccccc1C. The molecule has 8 nitrogen and oxygen atoms in total. The number of fused-ring (bicyclic) bond motifs is 1. The number of benzene rings is 1. The van der Waals surface area contributed by atoms with Crippen LogP contribution >= 0.6 is 11.3 Å². The van der Waals surface area contributed by atoms with Gasteiger partial charge in [-0.3, -0.25) is 14.2 Å². The van der Waals surface area contributed by atoms with E-state index in [-0.39, 0.29) is 23.4 Å². The number of aryl methyl sites for hydroxylation is 4. The van der Waals surface area contributed by atoms with Crippen LogP contribution in [0.4, 0.5) is 0 Å². The van der Waals surface area contributed by atoms with Crippen molar-refractivity contribution in [2.24, 2.45) is 0 Å². The lowest BCUT2D eigenvalue weighted by Gasteiger charge is -2.12. The van der Waals surface area contributed by atoms with Gasteiger partial charge in [0.15, 0.2) is 0 Å². The second-order valence-corrected chi connectivity index (χ2v) is 7.85. The van der Waals surface area contributed by atoms with E-state index in [1.807, 2.05) is 31.2 Å². The van der Waals surface area contributed by atoms with Gasteiger partial charge in [-0.25, -0.2) is 14.2 Å². The number of esters is 1. The van der Waals surface area contributed by atoms with Gasteiger partial charge in [0.2, 0.25) is 0 Å². The number of hydrogen-bond donors (Lipinski definition) is 1. The van der Waals surface area contributed by atoms with Crippen LogP contribution in [0.3, 0.4) is 0 Å². The molecule has 1 N–H and O–H groups in total. The van der Waals surface area contributed by atoms with Crippen LogP contribution < -0.4 is 11.2 Å². The van der Waals surface area contributed by atoms with Crippen LogP contribution in [0.15, 0.2) is 33.9 Å². The number of nitrogens with zero attached hydrogens (tertiary/aromatic N) is 2. The smallest absolute Gasteiger partial charge is 0.348 e. The third-order valence-corrected chi connectivity index (χ3v) is 6.21. The number of aliphatic carboxylic acids is 1. The number of carboxylic acids is 1. The normalized spacial score (nSPS) is 11.0. The Bertz CT molecular complexity index is 1250. The molecule has 0 radical (unpaired) electrons. The van der Waals surface area contributed by atoms with Crippen LogP contribution in [0.1, 0.15) is 33.3 Å². The van der Waals surface area contributed by atoms with E-state index in [4.69, 9.17) is 4.74 Å². The maximum atomic E-state index is 13.0. The van der Waals surface area contributed by atoms with Gasteiger partial charge >= 0.3 is 17.6 Å². The molecule has 2 aromatic heterocycles. The number of ether oxygens (including phenoxy) is 1. The van der Waals surface area contributed by atoms with E-state index in [0.29, 0.717) is 21.4 Å². The predicted octanol–water partition coefficient (Wildman–Crippen LogP) is 2.35. The van der Waals surface area contributed by atoms with Crippen molar-refractivity contribution in [2.45, 2.75) is 40.3 Å². The molecule has 0 aliphatic rings. The highest BCUT2D eigenvalue weighted by molar-refractivity contribution is 7.20. The Labute approximate surface area is 176 Å². The maximum absolute atomic E-state index is 13.0. The minimum atomic E-state index is -1.29. The molecule has 3 aromatic rings. The van der Waals surface area contributed by atoms with Gasteiger partial charge in [-0.2, -0.15) is 0 Å². The molecule has 0 fully saturated rings. The number of carboxylic acid groups (broad SMARTS) is 1. The Morgan fingerprint density at radius 1 is 1.13 bits per heavy atom. The minimum absolute atomic E-state index is 0.175. The van der Waals surface area contributed by atoms with E-state index < -0.39 is 29.7 Å². The summed E-state index contributed by atoms with van der Waals surface area (Å²) >= 11 is 1.02. The second-order valence-electron chi connectivity index (χ2n) is 6.85. The molecular weight excluding hydrogens is 408 g/mol. The van der Waals surface area contributed by atoms with E-state index in [0.717, 1.165) is 22.5 Å². The van der Waals surface area contributed by atoms with E-state index in [1.54, 1.807) is 13.8 Å². The van der Waals surface area contributed by atoms with Crippen molar-refractivity contribution in [3.63, 3.8) is 0 Å². The maximum Gasteiger partial charge on any atom is 0.348 e. The fourth-order valence-electron chi connectivity index (χ4n) is 3.38. The van der Waals surface area contributed by atoms with Gasteiger partial charge in [0, 0.05) is 6.54 Å². The first-order valence-electron chi connectivity index (χ1n) is 9.46. The van der Waals surface area contributed by atoms with E-state index in [2.05, 4.69) is 0 Å². The Morgan fingerprint density at radius 2 is 1.83 bits per heavy atom. The fourth-order valence-corrected chi connectivity index (χ4v) is 4.59. The lowest BCUT2D eigenvalue weighted by atomic mass is 10.1. The van der Waals surface area contributed by atoms with Gasteiger partial charge in [-0.15, -0.1) is 11.3 Å². The molecule has 0 bridgehead atoms. The summed E-state index contributed by atoms with van der Waals surface area (Å²) in [5, 5.41) is 9.35. The molecule has 2 heterocycles. The summed E-state index contributed by atoms with van der Waals surface area (Å²) < 4.78 is 7.16. The fraction of sp³-hybridized carbons (Fsp3) is 0.333. The molecule has 3 rings (SSSR count). The highest BCUT2D eigenvalue weighted by atomic mass is 32.1. The number of rotatable bonds is 7. The molecule has 9 heteroatoms. The Morgan fingerprint density at radius 3 is 2.47 bits per heavy atom. The standard InChI is InChI=1S/C21H22N2O6S/c1-4-29-20(27)17-13(3)16-18(26)23(11-15(24)25)21(28)22(19(16)30-17)10-9-14-8-6-5-7-12(14)2/h5-8H,4,9-11H2,1-3H3,(H,24,25). The van der Waals surface area contributed by atoms with Crippen molar-refractivity contribution in [1.82, 2.24) is 9.13 Å². The van der Waals surface area contributed by atoms with Crippen molar-refractivity contribution in [3.05, 3.63) is 66.7 Å². The topological polar surface area (TPSA) is 108 Å². The summed E-state index contributed by atoms with van der Waals surface area (Å²) in [6.07, 6.45) is 0.513. The first kappa shape index (κ1) is 21.5. The molecule has 0 aliphatic heterocycles. The summed E-state index contributed by atoms with van der Waals surface area (Å²) in [4.78, 5) is 50.1. The largest absolute Gasteiger partial charge is 0.480 e. The molecule has 0 amide bonds. The summed E-state index contributed by atoms with van der Waals surface area (Å²) in [5.41, 5.74) is 1.07. The lowest BCUT2D eigenvalue weighted by Crippen LogP contribution is -2.41. The number of hydrogen-bond acceptors (Lipinski definition) is 6. The molecule has 0 atom stereocenters. The van der Waals surface area contributed by atoms with Gasteiger partial charge in [-0.1, -0.05) is 24.3 Å². The van der Waals surface area contributed by atoms with Crippen molar-refractivity contribution in [3.8, 4) is 0 Å². The van der Waals surface area contributed by atoms with Gasteiger partial charge in [-0.05, 0) is 43.9 Å². The molecule has 0 saturated heterocycles. The molecular formula is C21H22N2O6S. The van der Waals surface area contributed by atoms with E-state index >= 15 is 0 Å². The van der Waals surface area contributed by atoms with Crippen LogP contribution in [-0.4, -0.2) is 32.8 Å². The Hall–Kier alpha value is -3.20. The van der Waals surface area contributed by atoms with E-state index in [9.17, 15) is 24.3 Å². The number of aromatic nitrogens is 2. The van der Waals surface area contributed by atoms with Crippen molar-refractivity contribution in [1.29, 1.82) is 0 Å². The van der Waals surface area contributed by atoms with Gasteiger partial charge in [0.25, 0.3) is 5.56 Å². The third-order valence-electron chi connectivity index (χ3n) is 4.91. The van der Waals surface area contributed by atoms with Gasteiger partial charge in [0.05, 0.1) is 12.0 Å². The first-order valence-corrected chi connectivity index (χ1v) is 10.3. The zero-order valence-corrected chi connectivity index (χ0v) is 17.7. The van der Waals surface area contributed by atoms with Crippen LogP contribution in [0, 0.1) is 13.8 Å². The molecule has 0 aliphatic carbocycles. The summed E-state index contributed by atoms with van der Waals surface area (Å²) in [7, 11) is 0. The summed E-state index contributed by atoms with van der Waals surface area (Å²) in [5.74, 6) is -1.87. The molecule has 0 unspecified atom stereocenters. The zero-order chi connectivity index (χ0) is 22.0. The van der Waals surface area contributed by atoms with Gasteiger partial charge in [0.1, 0.15) is 16.3 Å². The van der Waals surface area contributed by atoms with E-state index in [1.165, 1.54) is 4.57 Å². The first-order chi connectivity index (χ1) is 14.3. The quantitative estimate of drug-likeness (QED) is 0.577. The minimum Gasteiger partial charge on any atom is -0.480 e. The molecule has 1 aromatic carbocycles. The summed E-state index contributed by atoms with van der Waals surface area (Å²) in [6, 6.07) is 7.74. The van der Waals surface area contributed by atoms with Crippen molar-refractivity contribution in [2.75, 3.05) is 6.61 Å². The molecule has 158 valence electrons. The molecule has 30 heavy (non-hydrogen) atoms. The van der Waals surface area contributed by atoms with Crippen LogP contribution in [-0.2, 0) is 29.0 Å². The Kier molecular flexibility index (Phi) is 6.21. The van der Waals surface area contributed by atoms with Gasteiger partial charge < -0.3 is 9.84 Å². The number of thiophene rings is 1. The number of carbonyl (C=O) groups is 2. The predicted molar refractivity (Wildman–Crippen MR) is 114 cm³/mol. The van der Waals surface area contributed by atoms with Crippen LogP contribution in [0.5, 0.6) is 0 Å².